The number of aryl methyl sites for hydroxylation is 2. The second-order valence-electron chi connectivity index (χ2n) is 4.74. The van der Waals surface area contributed by atoms with Crippen LogP contribution in [0.15, 0.2) is 42.7 Å². The highest BCUT2D eigenvalue weighted by Gasteiger charge is 2.15. The van der Waals surface area contributed by atoms with Gasteiger partial charge in [0.25, 0.3) is 5.91 Å². The van der Waals surface area contributed by atoms with Crippen LogP contribution in [-0.2, 0) is 4.79 Å². The van der Waals surface area contributed by atoms with E-state index in [1.54, 1.807) is 31.5 Å². The van der Waals surface area contributed by atoms with Gasteiger partial charge in [-0.25, -0.2) is 0 Å². The quantitative estimate of drug-likeness (QED) is 0.928. The molecule has 20 heavy (non-hydrogen) atoms. The molecule has 1 aromatic carbocycles. The Kier molecular flexibility index (Phi) is 4.35. The smallest absolute Gasteiger partial charge is 0.265 e. The van der Waals surface area contributed by atoms with Gasteiger partial charge in [-0.05, 0) is 56.2 Å². The number of anilines is 1. The lowest BCUT2D eigenvalue weighted by atomic mass is 10.1. The van der Waals surface area contributed by atoms with Gasteiger partial charge in [0.15, 0.2) is 6.10 Å². The molecule has 0 spiro atoms. The van der Waals surface area contributed by atoms with Gasteiger partial charge < -0.3 is 10.1 Å². The molecule has 1 aromatic heterocycles. The molecule has 2 aromatic rings. The van der Waals surface area contributed by atoms with Crippen LogP contribution >= 0.6 is 0 Å². The highest BCUT2D eigenvalue weighted by atomic mass is 16.5. The zero-order chi connectivity index (χ0) is 14.5. The predicted molar refractivity (Wildman–Crippen MR) is 78.9 cm³/mol. The zero-order valence-corrected chi connectivity index (χ0v) is 11.9. The summed E-state index contributed by atoms with van der Waals surface area (Å²) in [4.78, 5) is 16.0. The number of rotatable bonds is 4. The molecule has 0 aliphatic rings. The molecule has 0 aliphatic heterocycles. The van der Waals surface area contributed by atoms with Crippen molar-refractivity contribution in [2.75, 3.05) is 5.32 Å². The van der Waals surface area contributed by atoms with Crippen molar-refractivity contribution >= 4 is 11.6 Å². The van der Waals surface area contributed by atoms with E-state index in [0.717, 1.165) is 5.56 Å². The molecule has 1 N–H and O–H groups in total. The van der Waals surface area contributed by atoms with Crippen LogP contribution in [0, 0.1) is 13.8 Å². The van der Waals surface area contributed by atoms with E-state index < -0.39 is 6.10 Å². The highest BCUT2D eigenvalue weighted by Crippen LogP contribution is 2.18. The van der Waals surface area contributed by atoms with E-state index in [4.69, 9.17) is 4.74 Å². The number of carbonyl (C=O) groups excluding carboxylic acids is 1. The van der Waals surface area contributed by atoms with E-state index in [1.807, 2.05) is 32.0 Å². The minimum absolute atomic E-state index is 0.198. The fraction of sp³-hybridized carbons (Fsp3) is 0.250. The molecule has 0 saturated carbocycles. The first-order valence-electron chi connectivity index (χ1n) is 6.51. The molecule has 0 saturated heterocycles. The fourth-order valence-corrected chi connectivity index (χ4v) is 1.73. The number of amides is 1. The number of hydrogen-bond acceptors (Lipinski definition) is 3. The maximum atomic E-state index is 12.0. The minimum Gasteiger partial charge on any atom is -0.481 e. The summed E-state index contributed by atoms with van der Waals surface area (Å²) in [5.41, 5.74) is 3.00. The maximum absolute atomic E-state index is 12.0. The molecular formula is C16H18N2O2. The van der Waals surface area contributed by atoms with Crippen molar-refractivity contribution in [2.24, 2.45) is 0 Å². The van der Waals surface area contributed by atoms with Crippen LogP contribution in [0.1, 0.15) is 18.1 Å². The van der Waals surface area contributed by atoms with Gasteiger partial charge in [-0.2, -0.15) is 0 Å². The predicted octanol–water partition coefficient (Wildman–Crippen LogP) is 3.10. The number of nitrogens with one attached hydrogen (secondary N) is 1. The Hall–Kier alpha value is -2.36. The molecular weight excluding hydrogens is 252 g/mol. The number of nitrogens with zero attached hydrogens (tertiary/aromatic N) is 1. The molecule has 2 rings (SSSR count). The van der Waals surface area contributed by atoms with Gasteiger partial charge >= 0.3 is 0 Å². The third-order valence-corrected chi connectivity index (χ3v) is 3.09. The van der Waals surface area contributed by atoms with E-state index in [-0.39, 0.29) is 5.91 Å². The van der Waals surface area contributed by atoms with Crippen LogP contribution in [-0.4, -0.2) is 17.0 Å². The molecule has 0 fully saturated rings. The summed E-state index contributed by atoms with van der Waals surface area (Å²) in [5.74, 6) is 0.498. The first-order chi connectivity index (χ1) is 9.56. The van der Waals surface area contributed by atoms with Gasteiger partial charge in [-0.1, -0.05) is 6.07 Å². The molecule has 1 amide bonds. The highest BCUT2D eigenvalue weighted by molar-refractivity contribution is 5.93. The maximum Gasteiger partial charge on any atom is 0.265 e. The van der Waals surface area contributed by atoms with Gasteiger partial charge in [0.05, 0.1) is 11.9 Å². The van der Waals surface area contributed by atoms with Crippen molar-refractivity contribution < 1.29 is 9.53 Å². The zero-order valence-electron chi connectivity index (χ0n) is 11.9. The summed E-state index contributed by atoms with van der Waals surface area (Å²) in [6.45, 7) is 5.78. The molecule has 0 radical (unpaired) electrons. The summed E-state index contributed by atoms with van der Waals surface area (Å²) in [6, 6.07) is 9.34. The van der Waals surface area contributed by atoms with Gasteiger partial charge in [0.2, 0.25) is 0 Å². The molecule has 0 unspecified atom stereocenters. The summed E-state index contributed by atoms with van der Waals surface area (Å²) in [6.07, 6.45) is 2.68. The fourth-order valence-electron chi connectivity index (χ4n) is 1.73. The van der Waals surface area contributed by atoms with Gasteiger partial charge in [-0.3, -0.25) is 9.78 Å². The Morgan fingerprint density at radius 1 is 1.25 bits per heavy atom. The Morgan fingerprint density at radius 2 is 2.05 bits per heavy atom. The Labute approximate surface area is 118 Å². The largest absolute Gasteiger partial charge is 0.481 e. The lowest BCUT2D eigenvalue weighted by Crippen LogP contribution is -2.30. The molecule has 4 nitrogen and oxygen atoms in total. The standard InChI is InChI=1S/C16H18N2O2/c1-11-6-7-15(9-12(11)2)20-13(3)16(19)18-14-5-4-8-17-10-14/h4-10,13H,1-3H3,(H,18,19)/t13-/m1/s1. The van der Waals surface area contributed by atoms with Crippen LogP contribution < -0.4 is 10.1 Å². The number of aromatic nitrogens is 1. The summed E-state index contributed by atoms with van der Waals surface area (Å²) in [5, 5.41) is 2.76. The van der Waals surface area contributed by atoms with Crippen molar-refractivity contribution in [1.82, 2.24) is 4.98 Å². The summed E-state index contributed by atoms with van der Waals surface area (Å²) >= 11 is 0. The summed E-state index contributed by atoms with van der Waals surface area (Å²) < 4.78 is 5.65. The number of ether oxygens (including phenoxy) is 1. The Bertz CT molecular complexity index is 597. The average Bonchev–Trinajstić information content (AvgIpc) is 2.44. The van der Waals surface area contributed by atoms with E-state index in [1.165, 1.54) is 5.56 Å². The van der Waals surface area contributed by atoms with Gasteiger partial charge in [0, 0.05) is 6.20 Å². The number of hydrogen-bond donors (Lipinski definition) is 1. The van der Waals surface area contributed by atoms with Crippen molar-refractivity contribution in [1.29, 1.82) is 0 Å². The summed E-state index contributed by atoms with van der Waals surface area (Å²) in [7, 11) is 0. The first-order valence-corrected chi connectivity index (χ1v) is 6.51. The number of pyridine rings is 1. The lowest BCUT2D eigenvalue weighted by Gasteiger charge is -2.15. The van der Waals surface area contributed by atoms with Crippen LogP contribution in [0.4, 0.5) is 5.69 Å². The van der Waals surface area contributed by atoms with Crippen LogP contribution in [0.3, 0.4) is 0 Å². The number of carbonyl (C=O) groups is 1. The Morgan fingerprint density at radius 3 is 2.70 bits per heavy atom. The van der Waals surface area contributed by atoms with Crippen molar-refractivity contribution in [3.05, 3.63) is 53.9 Å². The number of benzene rings is 1. The van der Waals surface area contributed by atoms with E-state index in [0.29, 0.717) is 11.4 Å². The van der Waals surface area contributed by atoms with Crippen LogP contribution in [0.2, 0.25) is 0 Å². The van der Waals surface area contributed by atoms with Crippen molar-refractivity contribution in [2.45, 2.75) is 26.9 Å². The lowest BCUT2D eigenvalue weighted by molar-refractivity contribution is -0.122. The average molecular weight is 270 g/mol. The second kappa shape index (κ2) is 6.19. The Balaban J connectivity index is 1.98. The van der Waals surface area contributed by atoms with Crippen molar-refractivity contribution in [3.8, 4) is 5.75 Å². The topological polar surface area (TPSA) is 51.2 Å². The third kappa shape index (κ3) is 3.57. The monoisotopic (exact) mass is 270 g/mol. The molecule has 0 bridgehead atoms. The van der Waals surface area contributed by atoms with Crippen LogP contribution in [0.5, 0.6) is 5.75 Å². The molecule has 0 aliphatic carbocycles. The minimum atomic E-state index is -0.572. The first kappa shape index (κ1) is 14.1. The third-order valence-electron chi connectivity index (χ3n) is 3.09. The van der Waals surface area contributed by atoms with Gasteiger partial charge in [0.1, 0.15) is 5.75 Å². The van der Waals surface area contributed by atoms with Crippen molar-refractivity contribution in [3.63, 3.8) is 0 Å². The van der Waals surface area contributed by atoms with Crippen LogP contribution in [0.25, 0.3) is 0 Å². The SMILES string of the molecule is Cc1ccc(O[C@H](C)C(=O)Nc2cccnc2)cc1C. The molecule has 4 heteroatoms. The molecule has 1 heterocycles. The molecule has 104 valence electrons. The van der Waals surface area contributed by atoms with E-state index in [9.17, 15) is 4.79 Å². The normalized spacial score (nSPS) is 11.8. The van der Waals surface area contributed by atoms with Gasteiger partial charge in [-0.15, -0.1) is 0 Å². The van der Waals surface area contributed by atoms with E-state index >= 15 is 0 Å². The van der Waals surface area contributed by atoms with E-state index in [2.05, 4.69) is 10.3 Å². The molecule has 1 atom stereocenters. The second-order valence-corrected chi connectivity index (χ2v) is 4.74.